The van der Waals surface area contributed by atoms with Gasteiger partial charge in [0.25, 0.3) is 11.8 Å². The second-order valence-corrected chi connectivity index (χ2v) is 6.70. The number of furan rings is 1. The molecule has 1 saturated heterocycles. The highest BCUT2D eigenvalue weighted by Gasteiger charge is 2.27. The van der Waals surface area contributed by atoms with E-state index in [0.717, 1.165) is 0 Å². The van der Waals surface area contributed by atoms with E-state index in [-0.39, 0.29) is 17.9 Å². The molecule has 1 aliphatic rings. The van der Waals surface area contributed by atoms with Gasteiger partial charge in [0.1, 0.15) is 5.75 Å². The Labute approximate surface area is 157 Å². The molecule has 1 unspecified atom stereocenters. The van der Waals surface area contributed by atoms with E-state index >= 15 is 0 Å². The first kappa shape index (κ1) is 18.3. The highest BCUT2D eigenvalue weighted by molar-refractivity contribution is 6.30. The third-order valence-electron chi connectivity index (χ3n) is 4.36. The molecule has 7 heteroatoms. The lowest BCUT2D eigenvalue weighted by molar-refractivity contribution is -0.128. The molecular formula is C19H21ClN2O4. The van der Waals surface area contributed by atoms with Crippen LogP contribution in [0, 0.1) is 0 Å². The summed E-state index contributed by atoms with van der Waals surface area (Å²) in [5, 5.41) is 3.61. The van der Waals surface area contributed by atoms with E-state index in [1.165, 1.54) is 6.26 Å². The van der Waals surface area contributed by atoms with E-state index in [1.54, 1.807) is 48.2 Å². The maximum Gasteiger partial charge on any atom is 0.289 e. The van der Waals surface area contributed by atoms with E-state index in [4.69, 9.17) is 20.8 Å². The van der Waals surface area contributed by atoms with Gasteiger partial charge in [0.05, 0.1) is 6.26 Å². The Hall–Kier alpha value is -2.47. The third kappa shape index (κ3) is 4.58. The monoisotopic (exact) mass is 376 g/mol. The van der Waals surface area contributed by atoms with Gasteiger partial charge in [-0.3, -0.25) is 9.59 Å². The lowest BCUT2D eigenvalue weighted by Gasteiger charge is -2.32. The Balaban J connectivity index is 1.45. The summed E-state index contributed by atoms with van der Waals surface area (Å²) in [5.41, 5.74) is 0. The van der Waals surface area contributed by atoms with Crippen LogP contribution in [-0.4, -0.2) is 41.9 Å². The van der Waals surface area contributed by atoms with Crippen molar-refractivity contribution in [3.05, 3.63) is 53.4 Å². The predicted molar refractivity (Wildman–Crippen MR) is 97.3 cm³/mol. The zero-order valence-electron chi connectivity index (χ0n) is 14.5. The average Bonchev–Trinajstić information content (AvgIpc) is 3.18. The zero-order valence-corrected chi connectivity index (χ0v) is 15.2. The lowest BCUT2D eigenvalue weighted by atomic mass is 10.0. The number of hydrogen-bond acceptors (Lipinski definition) is 4. The van der Waals surface area contributed by atoms with Crippen LogP contribution in [0.25, 0.3) is 0 Å². The highest BCUT2D eigenvalue weighted by Crippen LogP contribution is 2.18. The normalized spacial score (nSPS) is 16.2. The number of piperidine rings is 1. The van der Waals surface area contributed by atoms with Gasteiger partial charge in [-0.15, -0.1) is 0 Å². The van der Waals surface area contributed by atoms with Crippen LogP contribution in [0.2, 0.25) is 5.02 Å². The van der Waals surface area contributed by atoms with E-state index in [0.29, 0.717) is 42.5 Å². The molecule has 2 amide bonds. The van der Waals surface area contributed by atoms with Gasteiger partial charge in [0.2, 0.25) is 0 Å². The topological polar surface area (TPSA) is 71.8 Å². The van der Waals surface area contributed by atoms with E-state index in [2.05, 4.69) is 5.32 Å². The van der Waals surface area contributed by atoms with Crippen LogP contribution in [0.15, 0.2) is 47.1 Å². The van der Waals surface area contributed by atoms with Crippen LogP contribution in [0.5, 0.6) is 5.75 Å². The number of nitrogens with one attached hydrogen (secondary N) is 1. The first-order valence-corrected chi connectivity index (χ1v) is 8.96. The molecule has 1 aliphatic heterocycles. The van der Waals surface area contributed by atoms with Crippen molar-refractivity contribution in [2.75, 3.05) is 13.1 Å². The van der Waals surface area contributed by atoms with Crippen LogP contribution in [0.4, 0.5) is 0 Å². The van der Waals surface area contributed by atoms with Crippen molar-refractivity contribution in [1.82, 2.24) is 10.2 Å². The lowest BCUT2D eigenvalue weighted by Crippen LogP contribution is -2.49. The number of likely N-dealkylation sites (tertiary alicyclic amines) is 1. The molecule has 6 nitrogen and oxygen atoms in total. The van der Waals surface area contributed by atoms with Crippen LogP contribution in [0.1, 0.15) is 30.3 Å². The number of benzene rings is 1. The minimum Gasteiger partial charge on any atom is -0.481 e. The Bertz CT molecular complexity index is 737. The second kappa shape index (κ2) is 8.27. The number of carbonyl (C=O) groups excluding carboxylic acids is 2. The van der Waals surface area contributed by atoms with Gasteiger partial charge >= 0.3 is 0 Å². The number of nitrogens with zero attached hydrogens (tertiary/aromatic N) is 1. The molecule has 0 aliphatic carbocycles. The Kier molecular flexibility index (Phi) is 5.83. The zero-order chi connectivity index (χ0) is 18.5. The van der Waals surface area contributed by atoms with Crippen LogP contribution in [0.3, 0.4) is 0 Å². The fourth-order valence-corrected chi connectivity index (χ4v) is 3.00. The second-order valence-electron chi connectivity index (χ2n) is 6.27. The van der Waals surface area contributed by atoms with Crippen LogP contribution in [-0.2, 0) is 4.79 Å². The van der Waals surface area contributed by atoms with Gasteiger partial charge in [-0.05, 0) is 56.2 Å². The summed E-state index contributed by atoms with van der Waals surface area (Å²) < 4.78 is 10.8. The van der Waals surface area contributed by atoms with Crippen molar-refractivity contribution >= 4 is 23.4 Å². The van der Waals surface area contributed by atoms with Crippen molar-refractivity contribution < 1.29 is 18.7 Å². The molecule has 2 heterocycles. The van der Waals surface area contributed by atoms with Crippen molar-refractivity contribution in [2.45, 2.75) is 31.9 Å². The minimum absolute atomic E-state index is 0.0272. The quantitative estimate of drug-likeness (QED) is 0.870. The van der Waals surface area contributed by atoms with Crippen molar-refractivity contribution in [1.29, 1.82) is 0 Å². The van der Waals surface area contributed by atoms with E-state index < -0.39 is 6.10 Å². The number of rotatable bonds is 5. The molecule has 1 aromatic carbocycles. The van der Waals surface area contributed by atoms with Gasteiger partial charge in [-0.1, -0.05) is 11.6 Å². The maximum absolute atomic E-state index is 12.3. The predicted octanol–water partition coefficient (Wildman–Crippen LogP) is 3.12. The SMILES string of the molecule is CC(Oc1ccc(Cl)cc1)C(=O)NC1CCN(C(=O)c2ccco2)CC1. The summed E-state index contributed by atoms with van der Waals surface area (Å²) in [6, 6.07) is 10.3. The molecule has 0 saturated carbocycles. The third-order valence-corrected chi connectivity index (χ3v) is 4.61. The van der Waals surface area contributed by atoms with Crippen LogP contribution < -0.4 is 10.1 Å². The number of hydrogen-bond donors (Lipinski definition) is 1. The van der Waals surface area contributed by atoms with Crippen molar-refractivity contribution in [3.63, 3.8) is 0 Å². The summed E-state index contributed by atoms with van der Waals surface area (Å²) >= 11 is 5.84. The number of halogens is 1. The number of amides is 2. The molecule has 0 spiro atoms. The average molecular weight is 377 g/mol. The number of carbonyl (C=O) groups is 2. The molecule has 1 aromatic heterocycles. The summed E-state index contributed by atoms with van der Waals surface area (Å²) in [7, 11) is 0. The van der Waals surface area contributed by atoms with Crippen molar-refractivity contribution in [3.8, 4) is 5.75 Å². The fraction of sp³-hybridized carbons (Fsp3) is 0.368. The first-order chi connectivity index (χ1) is 12.5. The molecule has 1 atom stereocenters. The summed E-state index contributed by atoms with van der Waals surface area (Å²) in [6.45, 7) is 2.87. The summed E-state index contributed by atoms with van der Waals surface area (Å²) in [4.78, 5) is 26.3. The molecule has 138 valence electrons. The van der Waals surface area contributed by atoms with E-state index in [9.17, 15) is 9.59 Å². The fourth-order valence-electron chi connectivity index (χ4n) is 2.87. The maximum atomic E-state index is 12.3. The smallest absolute Gasteiger partial charge is 0.289 e. The van der Waals surface area contributed by atoms with Gasteiger partial charge in [0, 0.05) is 24.2 Å². The molecule has 3 rings (SSSR count). The summed E-state index contributed by atoms with van der Waals surface area (Å²) in [6.07, 6.45) is 2.28. The molecular weight excluding hydrogens is 356 g/mol. The molecule has 2 aromatic rings. The van der Waals surface area contributed by atoms with Gasteiger partial charge in [-0.25, -0.2) is 0 Å². The Morgan fingerprint density at radius 3 is 2.54 bits per heavy atom. The van der Waals surface area contributed by atoms with E-state index in [1.807, 2.05) is 0 Å². The Morgan fingerprint density at radius 1 is 1.23 bits per heavy atom. The summed E-state index contributed by atoms with van der Waals surface area (Å²) in [5.74, 6) is 0.656. The first-order valence-electron chi connectivity index (χ1n) is 8.58. The molecule has 0 bridgehead atoms. The number of ether oxygens (including phenoxy) is 1. The molecule has 26 heavy (non-hydrogen) atoms. The largest absolute Gasteiger partial charge is 0.481 e. The van der Waals surface area contributed by atoms with Gasteiger partial charge < -0.3 is 19.4 Å². The molecule has 1 N–H and O–H groups in total. The highest BCUT2D eigenvalue weighted by atomic mass is 35.5. The van der Waals surface area contributed by atoms with Crippen molar-refractivity contribution in [2.24, 2.45) is 0 Å². The van der Waals surface area contributed by atoms with Crippen LogP contribution >= 0.6 is 11.6 Å². The van der Waals surface area contributed by atoms with Gasteiger partial charge in [0.15, 0.2) is 11.9 Å². The molecule has 1 fully saturated rings. The Morgan fingerprint density at radius 2 is 1.92 bits per heavy atom. The minimum atomic E-state index is -0.612. The standard InChI is InChI=1S/C19H21ClN2O4/c1-13(26-16-6-4-14(20)5-7-16)18(23)21-15-8-10-22(11-9-15)19(24)17-3-2-12-25-17/h2-7,12-13,15H,8-11H2,1H3,(H,21,23). The molecule has 0 radical (unpaired) electrons. The van der Waals surface area contributed by atoms with Gasteiger partial charge in [-0.2, -0.15) is 0 Å².